The van der Waals surface area contributed by atoms with Gasteiger partial charge in [-0.25, -0.2) is 0 Å². The molecule has 1 aromatic rings. The van der Waals surface area contributed by atoms with Crippen molar-refractivity contribution in [3.05, 3.63) is 29.6 Å². The quantitative estimate of drug-likeness (QED) is 0.797. The highest BCUT2D eigenvalue weighted by molar-refractivity contribution is 5.19. The van der Waals surface area contributed by atoms with Gasteiger partial charge in [0.1, 0.15) is 0 Å². The molecule has 0 spiro atoms. The monoisotopic (exact) mass is 204 g/mol. The van der Waals surface area contributed by atoms with Crippen molar-refractivity contribution < 1.29 is 0 Å². The molecular formula is C13H20N2. The highest BCUT2D eigenvalue weighted by atomic mass is 14.9. The molecule has 0 saturated heterocycles. The van der Waals surface area contributed by atoms with Crippen molar-refractivity contribution in [2.24, 2.45) is 5.92 Å². The maximum absolute atomic E-state index is 4.44. The fourth-order valence-corrected chi connectivity index (χ4v) is 1.97. The van der Waals surface area contributed by atoms with E-state index in [1.807, 2.05) is 12.3 Å². The van der Waals surface area contributed by atoms with Gasteiger partial charge in [0.25, 0.3) is 0 Å². The maximum Gasteiger partial charge on any atom is 0.0573 e. The van der Waals surface area contributed by atoms with Crippen LogP contribution in [0.4, 0.5) is 0 Å². The number of nitrogens with one attached hydrogen (secondary N) is 1. The first kappa shape index (κ1) is 10.6. The van der Waals surface area contributed by atoms with Gasteiger partial charge in [-0.05, 0) is 43.7 Å². The van der Waals surface area contributed by atoms with E-state index in [9.17, 15) is 0 Å². The Kier molecular flexibility index (Phi) is 3.37. The molecular weight excluding hydrogens is 184 g/mol. The summed E-state index contributed by atoms with van der Waals surface area (Å²) in [5.74, 6) is 0.916. The van der Waals surface area contributed by atoms with Crippen LogP contribution in [0.15, 0.2) is 18.3 Å². The average Bonchev–Trinajstić information content (AvgIpc) is 3.10. The lowest BCUT2D eigenvalue weighted by atomic mass is 10.1. The Labute approximate surface area is 92.1 Å². The molecule has 0 radical (unpaired) electrons. The lowest BCUT2D eigenvalue weighted by Crippen LogP contribution is -2.28. The maximum atomic E-state index is 4.44. The van der Waals surface area contributed by atoms with E-state index in [1.165, 1.54) is 24.1 Å². The van der Waals surface area contributed by atoms with Crippen LogP contribution >= 0.6 is 0 Å². The van der Waals surface area contributed by atoms with Crippen LogP contribution in [0, 0.1) is 5.92 Å². The molecule has 1 aliphatic rings. The van der Waals surface area contributed by atoms with Crippen LogP contribution < -0.4 is 5.32 Å². The topological polar surface area (TPSA) is 24.9 Å². The first-order valence-electron chi connectivity index (χ1n) is 5.97. The largest absolute Gasteiger partial charge is 0.308 e. The van der Waals surface area contributed by atoms with Crippen LogP contribution in [0.2, 0.25) is 0 Å². The fourth-order valence-electron chi connectivity index (χ4n) is 1.97. The van der Waals surface area contributed by atoms with Crippen molar-refractivity contribution in [2.75, 3.05) is 0 Å². The van der Waals surface area contributed by atoms with Crippen molar-refractivity contribution >= 4 is 0 Å². The zero-order chi connectivity index (χ0) is 10.7. The van der Waals surface area contributed by atoms with Crippen LogP contribution in [-0.4, -0.2) is 11.0 Å². The van der Waals surface area contributed by atoms with Crippen molar-refractivity contribution in [2.45, 2.75) is 45.7 Å². The van der Waals surface area contributed by atoms with Crippen molar-refractivity contribution in [3.8, 4) is 0 Å². The van der Waals surface area contributed by atoms with Gasteiger partial charge in [0, 0.05) is 18.8 Å². The molecule has 1 aliphatic carbocycles. The molecule has 0 aliphatic heterocycles. The molecule has 0 aromatic carbocycles. The summed E-state index contributed by atoms with van der Waals surface area (Å²) in [6, 6.07) is 4.84. The van der Waals surface area contributed by atoms with Gasteiger partial charge in [-0.3, -0.25) is 4.98 Å². The zero-order valence-corrected chi connectivity index (χ0v) is 9.66. The van der Waals surface area contributed by atoms with E-state index in [-0.39, 0.29) is 0 Å². The van der Waals surface area contributed by atoms with Crippen LogP contribution in [0.25, 0.3) is 0 Å². The number of pyridine rings is 1. The highest BCUT2D eigenvalue weighted by Crippen LogP contribution is 2.32. The van der Waals surface area contributed by atoms with E-state index in [0.717, 1.165) is 18.9 Å². The first-order valence-corrected chi connectivity index (χ1v) is 5.97. The third-order valence-electron chi connectivity index (χ3n) is 3.29. The normalized spacial score (nSPS) is 17.7. The summed E-state index contributed by atoms with van der Waals surface area (Å²) >= 11 is 0. The van der Waals surface area contributed by atoms with Gasteiger partial charge in [-0.2, -0.15) is 0 Å². The second-order valence-electron chi connectivity index (χ2n) is 4.47. The molecule has 1 saturated carbocycles. The molecule has 0 amide bonds. The number of rotatable bonds is 5. The molecule has 1 atom stereocenters. The van der Waals surface area contributed by atoms with Gasteiger partial charge >= 0.3 is 0 Å². The predicted octanol–water partition coefficient (Wildman–Crippen LogP) is 2.53. The van der Waals surface area contributed by atoms with Crippen molar-refractivity contribution in [3.63, 3.8) is 0 Å². The van der Waals surface area contributed by atoms with Gasteiger partial charge in [0.05, 0.1) is 5.69 Å². The first-order chi connectivity index (χ1) is 7.31. The Morgan fingerprint density at radius 2 is 2.33 bits per heavy atom. The Morgan fingerprint density at radius 3 is 3.00 bits per heavy atom. The summed E-state index contributed by atoms with van der Waals surface area (Å²) in [6.45, 7) is 5.39. The fraction of sp³-hybridized carbons (Fsp3) is 0.615. The molecule has 1 heterocycles. The molecule has 0 bridgehead atoms. The summed E-state index contributed by atoms with van der Waals surface area (Å²) in [4.78, 5) is 4.44. The molecule has 2 heteroatoms. The van der Waals surface area contributed by atoms with Gasteiger partial charge in [0.15, 0.2) is 0 Å². The number of nitrogens with zero attached hydrogens (tertiary/aromatic N) is 1. The number of aryl methyl sites for hydroxylation is 1. The molecule has 1 unspecified atom stereocenters. The van der Waals surface area contributed by atoms with Gasteiger partial charge in [-0.15, -0.1) is 0 Å². The lowest BCUT2D eigenvalue weighted by molar-refractivity contribution is 0.491. The summed E-state index contributed by atoms with van der Waals surface area (Å²) in [5.41, 5.74) is 2.58. The molecule has 1 aromatic heterocycles. The summed E-state index contributed by atoms with van der Waals surface area (Å²) in [7, 11) is 0. The van der Waals surface area contributed by atoms with E-state index in [4.69, 9.17) is 0 Å². The smallest absolute Gasteiger partial charge is 0.0573 e. The summed E-state index contributed by atoms with van der Waals surface area (Å²) in [6.07, 6.45) is 5.76. The van der Waals surface area contributed by atoms with Crippen LogP contribution in [-0.2, 0) is 13.0 Å². The average molecular weight is 204 g/mol. The third kappa shape index (κ3) is 2.78. The molecule has 1 N–H and O–H groups in total. The summed E-state index contributed by atoms with van der Waals surface area (Å²) in [5, 5.41) is 3.57. The highest BCUT2D eigenvalue weighted by Gasteiger charge is 2.27. The second-order valence-corrected chi connectivity index (χ2v) is 4.47. The Bertz CT molecular complexity index is 318. The number of aromatic nitrogens is 1. The molecule has 2 rings (SSSR count). The van der Waals surface area contributed by atoms with E-state index in [1.54, 1.807) is 0 Å². The van der Waals surface area contributed by atoms with Crippen LogP contribution in [0.1, 0.15) is 37.9 Å². The van der Waals surface area contributed by atoms with Crippen molar-refractivity contribution in [1.29, 1.82) is 0 Å². The number of hydrogen-bond acceptors (Lipinski definition) is 2. The predicted molar refractivity (Wildman–Crippen MR) is 62.6 cm³/mol. The molecule has 1 fully saturated rings. The molecule has 15 heavy (non-hydrogen) atoms. The van der Waals surface area contributed by atoms with E-state index in [0.29, 0.717) is 6.04 Å². The minimum absolute atomic E-state index is 0.650. The van der Waals surface area contributed by atoms with Gasteiger partial charge < -0.3 is 5.32 Å². The van der Waals surface area contributed by atoms with Gasteiger partial charge in [0.2, 0.25) is 0 Å². The molecule has 82 valence electrons. The van der Waals surface area contributed by atoms with Crippen LogP contribution in [0.3, 0.4) is 0 Å². The standard InChI is InChI=1S/C13H20N2/c1-3-11-5-4-8-14-13(11)9-15-10(2)12-6-7-12/h4-5,8,10,12,15H,3,6-7,9H2,1-2H3. The Balaban J connectivity index is 1.91. The number of hydrogen-bond donors (Lipinski definition) is 1. The Morgan fingerprint density at radius 1 is 1.53 bits per heavy atom. The summed E-state index contributed by atoms with van der Waals surface area (Å²) < 4.78 is 0. The zero-order valence-electron chi connectivity index (χ0n) is 9.66. The third-order valence-corrected chi connectivity index (χ3v) is 3.29. The second kappa shape index (κ2) is 4.75. The lowest BCUT2D eigenvalue weighted by Gasteiger charge is -2.13. The van der Waals surface area contributed by atoms with E-state index < -0.39 is 0 Å². The van der Waals surface area contributed by atoms with E-state index >= 15 is 0 Å². The minimum atomic E-state index is 0.650. The SMILES string of the molecule is CCc1cccnc1CNC(C)C1CC1. The minimum Gasteiger partial charge on any atom is -0.308 e. The Hall–Kier alpha value is -0.890. The van der Waals surface area contributed by atoms with Crippen LogP contribution in [0.5, 0.6) is 0 Å². The van der Waals surface area contributed by atoms with Gasteiger partial charge in [-0.1, -0.05) is 13.0 Å². The van der Waals surface area contributed by atoms with E-state index in [2.05, 4.69) is 30.2 Å². The van der Waals surface area contributed by atoms with Crippen molar-refractivity contribution in [1.82, 2.24) is 10.3 Å². The molecule has 2 nitrogen and oxygen atoms in total.